The van der Waals surface area contributed by atoms with E-state index >= 15 is 0 Å². The zero-order valence-corrected chi connectivity index (χ0v) is 29.7. The van der Waals surface area contributed by atoms with Crippen LogP contribution in [0, 0.1) is 16.2 Å². The number of allylic oxidation sites excluding steroid dienone is 11. The van der Waals surface area contributed by atoms with E-state index in [2.05, 4.69) is 94.4 Å². The van der Waals surface area contributed by atoms with Crippen molar-refractivity contribution < 1.29 is 15.3 Å². The van der Waals surface area contributed by atoms with Gasteiger partial charge in [-0.05, 0) is 102 Å². The van der Waals surface area contributed by atoms with E-state index in [-0.39, 0.29) is 21.7 Å². The Kier molecular flexibility index (Phi) is 13.9. The number of hydrogen-bond donors (Lipinski definition) is 3. The minimum atomic E-state index is -0.184. The maximum Gasteiger partial charge on any atom is 0.121 e. The minimum Gasteiger partial charge on any atom is -0.512 e. The highest BCUT2D eigenvalue weighted by Gasteiger charge is 2.29. The van der Waals surface area contributed by atoms with Crippen LogP contribution in [-0.4, -0.2) is 15.3 Å². The number of benzene rings is 1. The molecule has 3 nitrogen and oxygen atoms in total. The van der Waals surface area contributed by atoms with Crippen LogP contribution in [0.2, 0.25) is 0 Å². The molecule has 1 aromatic carbocycles. The molecule has 240 valence electrons. The third-order valence-electron chi connectivity index (χ3n) is 7.60. The van der Waals surface area contributed by atoms with E-state index < -0.39 is 0 Å². The first-order chi connectivity index (χ1) is 19.6. The molecule has 0 spiro atoms. The maximum atomic E-state index is 11.4. The summed E-state index contributed by atoms with van der Waals surface area (Å²) in [6.07, 6.45) is 19.7. The van der Waals surface area contributed by atoms with Crippen LogP contribution in [0.4, 0.5) is 0 Å². The smallest absolute Gasteiger partial charge is 0.121 e. The van der Waals surface area contributed by atoms with Crippen molar-refractivity contribution >= 4 is 0 Å². The molecular formula is C40H62O3. The molecule has 0 unspecified atom stereocenters. The number of phenolic OH excluding ortho intramolecular Hbond substituents is 1. The van der Waals surface area contributed by atoms with Crippen LogP contribution < -0.4 is 0 Å². The van der Waals surface area contributed by atoms with Crippen molar-refractivity contribution in [3.8, 4) is 5.75 Å². The summed E-state index contributed by atoms with van der Waals surface area (Å²) < 4.78 is 0. The third kappa shape index (κ3) is 13.1. The molecule has 0 saturated heterocycles. The van der Waals surface area contributed by atoms with Gasteiger partial charge in [0.05, 0.1) is 5.76 Å². The van der Waals surface area contributed by atoms with Gasteiger partial charge in [-0.25, -0.2) is 0 Å². The van der Waals surface area contributed by atoms with Crippen LogP contribution in [0.3, 0.4) is 0 Å². The predicted molar refractivity (Wildman–Crippen MR) is 188 cm³/mol. The Hall–Kier alpha value is -2.94. The first-order valence-electron chi connectivity index (χ1n) is 15.9. The molecule has 0 aromatic heterocycles. The molecule has 0 aliphatic heterocycles. The van der Waals surface area contributed by atoms with Crippen LogP contribution in [0.25, 0.3) is 0 Å². The van der Waals surface area contributed by atoms with Crippen molar-refractivity contribution in [2.75, 3.05) is 0 Å². The zero-order valence-electron chi connectivity index (χ0n) is 29.7. The van der Waals surface area contributed by atoms with Gasteiger partial charge in [-0.2, -0.15) is 0 Å². The van der Waals surface area contributed by atoms with Gasteiger partial charge in [0.15, 0.2) is 0 Å². The number of rotatable bonds is 12. The third-order valence-corrected chi connectivity index (χ3v) is 7.60. The predicted octanol–water partition coefficient (Wildman–Crippen LogP) is 12.0. The largest absolute Gasteiger partial charge is 0.512 e. The molecule has 0 fully saturated rings. The number of aliphatic hydroxyl groups excluding tert-OH is 2. The van der Waals surface area contributed by atoms with E-state index in [0.29, 0.717) is 30.1 Å². The van der Waals surface area contributed by atoms with Gasteiger partial charge in [0.1, 0.15) is 11.5 Å². The summed E-state index contributed by atoms with van der Waals surface area (Å²) in [5.74, 6) is 1.01. The summed E-state index contributed by atoms with van der Waals surface area (Å²) in [6, 6.07) is 4.36. The molecule has 0 aliphatic rings. The van der Waals surface area contributed by atoms with Gasteiger partial charge < -0.3 is 15.3 Å². The summed E-state index contributed by atoms with van der Waals surface area (Å²) in [7, 11) is 0. The van der Waals surface area contributed by atoms with Gasteiger partial charge in [-0.3, -0.25) is 0 Å². The van der Waals surface area contributed by atoms with Crippen LogP contribution in [0.15, 0.2) is 83.4 Å². The van der Waals surface area contributed by atoms with Crippen molar-refractivity contribution in [3.05, 3.63) is 100 Å². The number of aryl methyl sites for hydroxylation is 2. The van der Waals surface area contributed by atoms with E-state index in [9.17, 15) is 15.3 Å². The first-order valence-corrected chi connectivity index (χ1v) is 15.9. The van der Waals surface area contributed by atoms with Crippen LogP contribution in [0.1, 0.15) is 126 Å². The summed E-state index contributed by atoms with van der Waals surface area (Å²) >= 11 is 0. The number of hydrogen-bond acceptors (Lipinski definition) is 3. The van der Waals surface area contributed by atoms with Crippen molar-refractivity contribution in [2.45, 2.75) is 128 Å². The average molecular weight is 591 g/mol. The molecule has 1 aromatic rings. The fourth-order valence-electron chi connectivity index (χ4n) is 5.82. The number of phenols is 1. The van der Waals surface area contributed by atoms with Gasteiger partial charge in [0.2, 0.25) is 0 Å². The summed E-state index contributed by atoms with van der Waals surface area (Å²) in [6.45, 7) is 27.7. The van der Waals surface area contributed by atoms with E-state index in [0.717, 1.165) is 41.5 Å². The van der Waals surface area contributed by atoms with E-state index in [4.69, 9.17) is 0 Å². The Balaban J connectivity index is 3.34. The van der Waals surface area contributed by atoms with Crippen molar-refractivity contribution in [2.24, 2.45) is 16.2 Å². The van der Waals surface area contributed by atoms with Gasteiger partial charge in [-0.1, -0.05) is 131 Å². The topological polar surface area (TPSA) is 60.7 Å². The van der Waals surface area contributed by atoms with Gasteiger partial charge in [0, 0.05) is 0 Å². The molecule has 3 heteroatoms. The average Bonchev–Trinajstić information content (AvgIpc) is 2.82. The lowest BCUT2D eigenvalue weighted by Crippen LogP contribution is -2.25. The van der Waals surface area contributed by atoms with Gasteiger partial charge in [0.25, 0.3) is 0 Å². The second kappa shape index (κ2) is 15.7. The fourth-order valence-corrected chi connectivity index (χ4v) is 5.82. The van der Waals surface area contributed by atoms with E-state index in [1.807, 2.05) is 49.5 Å². The molecule has 0 bridgehead atoms. The van der Waals surface area contributed by atoms with Gasteiger partial charge in [-0.15, -0.1) is 0 Å². The highest BCUT2D eigenvalue weighted by molar-refractivity contribution is 5.47. The second-order valence-electron chi connectivity index (χ2n) is 15.8. The Bertz CT molecular complexity index is 1240. The number of aliphatic hydroxyl groups is 2. The molecule has 0 heterocycles. The Morgan fingerprint density at radius 3 is 1.79 bits per heavy atom. The van der Waals surface area contributed by atoms with Crippen molar-refractivity contribution in [1.82, 2.24) is 0 Å². The second-order valence-corrected chi connectivity index (χ2v) is 15.8. The lowest BCUT2D eigenvalue weighted by atomic mass is 9.71. The summed E-state index contributed by atoms with van der Waals surface area (Å²) in [5.41, 5.74) is 4.74. The number of aromatic hydroxyl groups is 1. The standard InChI is InChI=1S/C40H62O3/c1-14-15-23-34(39(9,10)11)35(42)25-20-22-31-27-32(40(12,13)28-37(3,4)5)26-30(36(31)43)21-18-16-17-19-24-33(29(2)41)38(6,7)8/h14-17,19,23-27,41-43H,18,20-22,28H2,1-13H3/b15-14-,17-16-,24-19-,33-29-,34-23+,35-25+. The van der Waals surface area contributed by atoms with E-state index in [1.54, 1.807) is 6.92 Å². The highest BCUT2D eigenvalue weighted by Crippen LogP contribution is 2.40. The monoisotopic (exact) mass is 590 g/mol. The van der Waals surface area contributed by atoms with Crippen LogP contribution in [-0.2, 0) is 18.3 Å². The molecule has 0 amide bonds. The first kappa shape index (κ1) is 38.1. The van der Waals surface area contributed by atoms with Crippen LogP contribution in [0.5, 0.6) is 5.75 Å². The van der Waals surface area contributed by atoms with Crippen molar-refractivity contribution in [3.63, 3.8) is 0 Å². The zero-order chi connectivity index (χ0) is 33.2. The summed E-state index contributed by atoms with van der Waals surface area (Å²) in [5, 5.41) is 32.4. The Morgan fingerprint density at radius 2 is 1.33 bits per heavy atom. The van der Waals surface area contributed by atoms with Gasteiger partial charge >= 0.3 is 0 Å². The highest BCUT2D eigenvalue weighted by atomic mass is 16.3. The quantitative estimate of drug-likeness (QED) is 0.168. The summed E-state index contributed by atoms with van der Waals surface area (Å²) in [4.78, 5) is 0. The van der Waals surface area contributed by atoms with E-state index in [1.165, 1.54) is 5.56 Å². The molecule has 0 aliphatic carbocycles. The molecule has 43 heavy (non-hydrogen) atoms. The van der Waals surface area contributed by atoms with Crippen molar-refractivity contribution in [1.29, 1.82) is 0 Å². The Morgan fingerprint density at radius 1 is 0.767 bits per heavy atom. The fraction of sp³-hybridized carbons (Fsp3) is 0.550. The maximum absolute atomic E-state index is 11.4. The Labute approximate surface area is 264 Å². The molecule has 3 N–H and O–H groups in total. The normalized spacial score (nSPS) is 15.3. The molecular weight excluding hydrogens is 528 g/mol. The van der Waals surface area contributed by atoms with Crippen LogP contribution >= 0.6 is 0 Å². The molecule has 0 radical (unpaired) electrons. The minimum absolute atomic E-state index is 0.0571. The SMILES string of the molecule is C\C=C/C=C(\C(O)=C/CCc1cc(C(C)(C)CC(C)(C)C)cc(CC\C=C/C=C\C(=C(/C)O)C(C)(C)C)c1O)C(C)(C)C. The lowest BCUT2D eigenvalue weighted by Gasteiger charge is -2.34. The molecule has 0 saturated carbocycles. The lowest BCUT2D eigenvalue weighted by molar-refractivity contribution is 0.283. The molecule has 1 rings (SSSR count). The molecule has 0 atom stereocenters.